The second-order valence-corrected chi connectivity index (χ2v) is 10.9. The molecule has 4 rings (SSSR count). The first-order valence-corrected chi connectivity index (χ1v) is 12.5. The first-order valence-electron chi connectivity index (χ1n) is 11.1. The van der Waals surface area contributed by atoms with Crippen LogP contribution >= 0.6 is 7.92 Å². The third-order valence-corrected chi connectivity index (χ3v) is 9.26. The van der Waals surface area contributed by atoms with Gasteiger partial charge in [-0.2, -0.15) is 0 Å². The van der Waals surface area contributed by atoms with Gasteiger partial charge in [-0.05, 0) is 110 Å². The average Bonchev–Trinajstić information content (AvgIpc) is 2.79. The highest BCUT2D eigenvalue weighted by molar-refractivity contribution is 7.80. The van der Waals surface area contributed by atoms with Crippen molar-refractivity contribution in [3.05, 3.63) is 106 Å². The van der Waals surface area contributed by atoms with Gasteiger partial charge in [-0.3, -0.25) is 0 Å². The van der Waals surface area contributed by atoms with Gasteiger partial charge in [-0.25, -0.2) is 0 Å². The van der Waals surface area contributed by atoms with Gasteiger partial charge in [-0.15, -0.1) is 0 Å². The Morgan fingerprint density at radius 1 is 0.531 bits per heavy atom. The van der Waals surface area contributed by atoms with Gasteiger partial charge in [0, 0.05) is 5.56 Å². The molecule has 0 fully saturated rings. The van der Waals surface area contributed by atoms with Crippen LogP contribution in [0.5, 0.6) is 5.75 Å². The van der Waals surface area contributed by atoms with Crippen LogP contribution in [-0.2, 0) is 0 Å². The molecule has 0 aliphatic carbocycles. The summed E-state index contributed by atoms with van der Waals surface area (Å²) in [5.74, 6) is 0.370. The van der Waals surface area contributed by atoms with Gasteiger partial charge in [0.05, 0.1) is 0 Å². The highest BCUT2D eigenvalue weighted by atomic mass is 31.1. The number of benzene rings is 4. The minimum atomic E-state index is -0.788. The summed E-state index contributed by atoms with van der Waals surface area (Å²) in [6, 6.07) is 25.9. The minimum Gasteiger partial charge on any atom is -0.507 e. The van der Waals surface area contributed by atoms with E-state index in [0.717, 1.165) is 16.7 Å². The smallest absolute Gasteiger partial charge is 0.123 e. The van der Waals surface area contributed by atoms with E-state index in [1.807, 2.05) is 6.07 Å². The molecule has 0 amide bonds. The minimum absolute atomic E-state index is 0.370. The maximum atomic E-state index is 11.2. The van der Waals surface area contributed by atoms with E-state index in [1.165, 1.54) is 43.7 Å². The number of hydrogen-bond donors (Lipinski definition) is 1. The van der Waals surface area contributed by atoms with Crippen molar-refractivity contribution >= 4 is 23.8 Å². The summed E-state index contributed by atoms with van der Waals surface area (Å²) < 4.78 is 0. The Hall–Kier alpha value is -2.89. The number of aryl methyl sites for hydroxylation is 2. The van der Waals surface area contributed by atoms with E-state index >= 15 is 0 Å². The van der Waals surface area contributed by atoms with Crippen molar-refractivity contribution in [2.45, 2.75) is 41.5 Å². The van der Waals surface area contributed by atoms with Gasteiger partial charge in [0.25, 0.3) is 0 Å². The van der Waals surface area contributed by atoms with Crippen molar-refractivity contribution < 1.29 is 5.11 Å². The Labute approximate surface area is 193 Å². The Kier molecular flexibility index (Phi) is 6.22. The molecule has 162 valence electrons. The fourth-order valence-electron chi connectivity index (χ4n) is 4.51. The molecule has 0 spiro atoms. The van der Waals surface area contributed by atoms with Crippen LogP contribution in [0.1, 0.15) is 33.4 Å². The van der Waals surface area contributed by atoms with Crippen molar-refractivity contribution in [3.8, 4) is 16.9 Å². The van der Waals surface area contributed by atoms with E-state index in [1.54, 1.807) is 0 Å². The van der Waals surface area contributed by atoms with Gasteiger partial charge in [0.15, 0.2) is 0 Å². The molecule has 4 aromatic carbocycles. The summed E-state index contributed by atoms with van der Waals surface area (Å²) in [5.41, 5.74) is 9.52. The molecular formula is C30H31OP. The topological polar surface area (TPSA) is 20.2 Å². The Balaban J connectivity index is 2.13. The van der Waals surface area contributed by atoms with Crippen LogP contribution in [-0.4, -0.2) is 5.11 Å². The Morgan fingerprint density at radius 2 is 0.969 bits per heavy atom. The van der Waals surface area contributed by atoms with Crippen molar-refractivity contribution in [1.29, 1.82) is 0 Å². The summed E-state index contributed by atoms with van der Waals surface area (Å²) in [6.45, 7) is 13.0. The summed E-state index contributed by atoms with van der Waals surface area (Å²) in [7, 11) is -0.788. The van der Waals surface area contributed by atoms with E-state index in [2.05, 4.69) is 108 Å². The fourth-order valence-corrected chi connectivity index (χ4v) is 7.13. The molecule has 0 saturated carbocycles. The van der Waals surface area contributed by atoms with Crippen LogP contribution in [0, 0.1) is 41.5 Å². The Bertz CT molecular complexity index is 1230. The zero-order chi connectivity index (χ0) is 23.0. The van der Waals surface area contributed by atoms with E-state index in [9.17, 15) is 5.11 Å². The second kappa shape index (κ2) is 8.93. The van der Waals surface area contributed by atoms with Gasteiger partial charge in [0.1, 0.15) is 5.75 Å². The molecule has 0 unspecified atom stereocenters. The standard InChI is InChI=1S/C30H31OP/c1-19-17-27(31)29(23(5)21(19)3)30-24(6)22(4)20(2)18-28(30)32(25-13-9-7-10-14-25)26-15-11-8-12-16-26/h7-18,31H,1-6H3. The van der Waals surface area contributed by atoms with Crippen LogP contribution in [0.2, 0.25) is 0 Å². The van der Waals surface area contributed by atoms with Crippen LogP contribution < -0.4 is 15.9 Å². The Morgan fingerprint density at radius 3 is 1.47 bits per heavy atom. The van der Waals surface area contributed by atoms with Crippen molar-refractivity contribution in [3.63, 3.8) is 0 Å². The molecule has 0 radical (unpaired) electrons. The van der Waals surface area contributed by atoms with Crippen molar-refractivity contribution in [2.24, 2.45) is 0 Å². The lowest BCUT2D eigenvalue weighted by Gasteiger charge is -2.27. The largest absolute Gasteiger partial charge is 0.507 e. The van der Waals surface area contributed by atoms with Crippen LogP contribution in [0.15, 0.2) is 72.8 Å². The predicted molar refractivity (Wildman–Crippen MR) is 141 cm³/mol. The van der Waals surface area contributed by atoms with E-state index in [0.29, 0.717) is 5.75 Å². The third-order valence-electron chi connectivity index (χ3n) is 6.80. The van der Waals surface area contributed by atoms with Crippen LogP contribution in [0.25, 0.3) is 11.1 Å². The maximum Gasteiger partial charge on any atom is 0.123 e. The monoisotopic (exact) mass is 438 g/mol. The number of phenols is 1. The van der Waals surface area contributed by atoms with E-state index < -0.39 is 7.92 Å². The molecular weight excluding hydrogens is 407 g/mol. The SMILES string of the molecule is Cc1cc(O)c(-c2c(P(c3ccccc3)c3ccccc3)cc(C)c(C)c2C)c(C)c1C. The van der Waals surface area contributed by atoms with Crippen LogP contribution in [0.4, 0.5) is 0 Å². The van der Waals surface area contributed by atoms with Crippen molar-refractivity contribution in [1.82, 2.24) is 0 Å². The molecule has 0 bridgehead atoms. The zero-order valence-corrected chi connectivity index (χ0v) is 20.7. The van der Waals surface area contributed by atoms with Gasteiger partial charge in [-0.1, -0.05) is 66.7 Å². The molecule has 0 aliphatic rings. The predicted octanol–water partition coefficient (Wildman–Crippen LogP) is 6.67. The lowest BCUT2D eigenvalue weighted by atomic mass is 9.88. The van der Waals surface area contributed by atoms with E-state index in [4.69, 9.17) is 0 Å². The highest BCUT2D eigenvalue weighted by Gasteiger charge is 2.26. The first kappa shape index (κ1) is 22.3. The molecule has 0 aliphatic heterocycles. The molecule has 1 N–H and O–H groups in total. The summed E-state index contributed by atoms with van der Waals surface area (Å²) in [6.07, 6.45) is 0. The molecule has 0 aromatic heterocycles. The lowest BCUT2D eigenvalue weighted by Crippen LogP contribution is -2.24. The molecule has 4 aromatic rings. The van der Waals surface area contributed by atoms with E-state index in [-0.39, 0.29) is 0 Å². The molecule has 1 nitrogen and oxygen atoms in total. The molecule has 0 heterocycles. The quantitative estimate of drug-likeness (QED) is 0.353. The molecule has 2 heteroatoms. The second-order valence-electron chi connectivity index (χ2n) is 8.68. The molecule has 0 saturated heterocycles. The summed E-state index contributed by atoms with van der Waals surface area (Å²) in [4.78, 5) is 0. The lowest BCUT2D eigenvalue weighted by molar-refractivity contribution is 0.476. The number of rotatable bonds is 4. The summed E-state index contributed by atoms with van der Waals surface area (Å²) >= 11 is 0. The number of aromatic hydroxyl groups is 1. The van der Waals surface area contributed by atoms with Gasteiger partial charge < -0.3 is 5.11 Å². The van der Waals surface area contributed by atoms with Gasteiger partial charge >= 0.3 is 0 Å². The molecule has 0 atom stereocenters. The first-order chi connectivity index (χ1) is 15.3. The molecule has 32 heavy (non-hydrogen) atoms. The highest BCUT2D eigenvalue weighted by Crippen LogP contribution is 2.44. The van der Waals surface area contributed by atoms with Gasteiger partial charge in [0.2, 0.25) is 0 Å². The van der Waals surface area contributed by atoms with Crippen LogP contribution in [0.3, 0.4) is 0 Å². The fraction of sp³-hybridized carbons (Fsp3) is 0.200. The summed E-state index contributed by atoms with van der Waals surface area (Å²) in [5, 5.41) is 15.1. The van der Waals surface area contributed by atoms with Crippen molar-refractivity contribution in [2.75, 3.05) is 0 Å². The normalized spacial score (nSPS) is 11.2. The number of hydrogen-bond acceptors (Lipinski definition) is 1. The maximum absolute atomic E-state index is 11.2. The third kappa shape index (κ3) is 3.87. The average molecular weight is 439 g/mol. The zero-order valence-electron chi connectivity index (χ0n) is 19.8. The number of phenolic OH excluding ortho intramolecular Hbond substituents is 1.